The number of carbonyl (C=O) groups excluding carboxylic acids is 1. The Hall–Kier alpha value is -1.58. The number of anilines is 1. The second kappa shape index (κ2) is 6.04. The molecule has 3 N–H and O–H groups in total. The highest BCUT2D eigenvalue weighted by atomic mass is 19.1. The van der Waals surface area contributed by atoms with Crippen LogP contribution in [0.2, 0.25) is 0 Å². The van der Waals surface area contributed by atoms with Crippen molar-refractivity contribution in [2.45, 2.75) is 51.5 Å². The maximum Gasteiger partial charge on any atom is 0.251 e. The number of benzene rings is 1. The van der Waals surface area contributed by atoms with Gasteiger partial charge in [-0.2, -0.15) is 0 Å². The highest BCUT2D eigenvalue weighted by molar-refractivity contribution is 5.95. The third-order valence-electron chi connectivity index (χ3n) is 3.84. The molecule has 0 aromatic heterocycles. The number of amides is 1. The molecule has 1 aromatic carbocycles. The number of halogens is 1. The topological polar surface area (TPSA) is 55.1 Å². The van der Waals surface area contributed by atoms with Crippen molar-refractivity contribution in [2.75, 3.05) is 5.73 Å². The van der Waals surface area contributed by atoms with Crippen LogP contribution in [0.3, 0.4) is 0 Å². The van der Waals surface area contributed by atoms with Crippen LogP contribution in [0.15, 0.2) is 12.1 Å². The Balaban J connectivity index is 2.07. The van der Waals surface area contributed by atoms with Crippen LogP contribution in [-0.4, -0.2) is 11.9 Å². The largest absolute Gasteiger partial charge is 0.398 e. The molecule has 4 heteroatoms. The highest BCUT2D eigenvalue weighted by Crippen LogP contribution is 2.20. The highest BCUT2D eigenvalue weighted by Gasteiger charge is 2.17. The van der Waals surface area contributed by atoms with Gasteiger partial charge in [0.2, 0.25) is 0 Å². The molecule has 1 aliphatic rings. The predicted molar refractivity (Wildman–Crippen MR) is 74.5 cm³/mol. The van der Waals surface area contributed by atoms with Crippen LogP contribution in [0.4, 0.5) is 10.1 Å². The molecule has 0 saturated heterocycles. The molecular weight excluding hydrogens is 243 g/mol. The van der Waals surface area contributed by atoms with Gasteiger partial charge < -0.3 is 11.1 Å². The van der Waals surface area contributed by atoms with Crippen molar-refractivity contribution in [2.24, 2.45) is 0 Å². The van der Waals surface area contributed by atoms with E-state index >= 15 is 0 Å². The molecule has 104 valence electrons. The lowest BCUT2D eigenvalue weighted by Gasteiger charge is -2.16. The number of carbonyl (C=O) groups is 1. The smallest absolute Gasteiger partial charge is 0.251 e. The lowest BCUT2D eigenvalue weighted by molar-refractivity contribution is 0.0933. The zero-order valence-corrected chi connectivity index (χ0v) is 11.3. The second-order valence-corrected chi connectivity index (χ2v) is 5.33. The van der Waals surface area contributed by atoms with Crippen LogP contribution in [0, 0.1) is 12.7 Å². The molecular formula is C15H21FN2O. The van der Waals surface area contributed by atoms with E-state index < -0.39 is 5.82 Å². The van der Waals surface area contributed by atoms with E-state index in [0.717, 1.165) is 25.7 Å². The van der Waals surface area contributed by atoms with E-state index in [-0.39, 0.29) is 11.9 Å². The predicted octanol–water partition coefficient (Wildman–Crippen LogP) is 3.17. The normalized spacial score (nSPS) is 16.9. The first-order chi connectivity index (χ1) is 9.08. The van der Waals surface area contributed by atoms with Gasteiger partial charge >= 0.3 is 0 Å². The van der Waals surface area contributed by atoms with Gasteiger partial charge in [0.05, 0.1) is 0 Å². The standard InChI is InChI=1S/C15H21FN2O/c1-10-13(16)8-11(9-14(10)17)15(19)18-12-6-4-2-3-5-7-12/h8-9,12H,2-7,17H2,1H3,(H,18,19). The number of nitrogens with two attached hydrogens (primary N) is 1. The first-order valence-electron chi connectivity index (χ1n) is 6.94. The molecule has 1 aromatic rings. The van der Waals surface area contributed by atoms with Crippen molar-refractivity contribution in [1.82, 2.24) is 5.32 Å². The van der Waals surface area contributed by atoms with Crippen LogP contribution in [0.5, 0.6) is 0 Å². The molecule has 3 nitrogen and oxygen atoms in total. The van der Waals surface area contributed by atoms with Crippen molar-refractivity contribution in [3.05, 3.63) is 29.1 Å². The van der Waals surface area contributed by atoms with Crippen molar-refractivity contribution in [3.63, 3.8) is 0 Å². The minimum atomic E-state index is -0.425. The fourth-order valence-corrected chi connectivity index (χ4v) is 2.52. The number of hydrogen-bond donors (Lipinski definition) is 2. The summed E-state index contributed by atoms with van der Waals surface area (Å²) in [5, 5.41) is 2.99. The molecule has 1 fully saturated rings. The van der Waals surface area contributed by atoms with Gasteiger partial charge in [0, 0.05) is 22.9 Å². The van der Waals surface area contributed by atoms with Crippen LogP contribution in [0.1, 0.15) is 54.4 Å². The van der Waals surface area contributed by atoms with Crippen LogP contribution in [-0.2, 0) is 0 Å². The Morgan fingerprint density at radius 2 is 1.89 bits per heavy atom. The molecule has 0 heterocycles. The fourth-order valence-electron chi connectivity index (χ4n) is 2.52. The molecule has 0 unspecified atom stereocenters. The summed E-state index contributed by atoms with van der Waals surface area (Å²) in [6, 6.07) is 3.02. The Morgan fingerprint density at radius 1 is 1.26 bits per heavy atom. The molecule has 1 aliphatic carbocycles. The Morgan fingerprint density at radius 3 is 2.47 bits per heavy atom. The average Bonchev–Trinajstić information content (AvgIpc) is 2.64. The third-order valence-corrected chi connectivity index (χ3v) is 3.84. The van der Waals surface area contributed by atoms with Gasteiger partial charge in [-0.05, 0) is 31.9 Å². The molecule has 0 radical (unpaired) electrons. The van der Waals surface area contributed by atoms with Crippen LogP contribution >= 0.6 is 0 Å². The van der Waals surface area contributed by atoms with E-state index in [1.54, 1.807) is 13.0 Å². The van der Waals surface area contributed by atoms with Crippen molar-refractivity contribution >= 4 is 11.6 Å². The lowest BCUT2D eigenvalue weighted by atomic mass is 10.1. The van der Waals surface area contributed by atoms with E-state index in [0.29, 0.717) is 16.8 Å². The van der Waals surface area contributed by atoms with E-state index in [1.807, 2.05) is 0 Å². The third kappa shape index (κ3) is 3.46. The average molecular weight is 264 g/mol. The molecule has 1 saturated carbocycles. The number of hydrogen-bond acceptors (Lipinski definition) is 2. The fraction of sp³-hybridized carbons (Fsp3) is 0.533. The number of nitrogen functional groups attached to an aromatic ring is 1. The Kier molecular flexibility index (Phi) is 4.40. The Labute approximate surface area is 113 Å². The molecule has 2 rings (SSSR count). The van der Waals surface area contributed by atoms with Crippen molar-refractivity contribution < 1.29 is 9.18 Å². The van der Waals surface area contributed by atoms with Gasteiger partial charge in [0.15, 0.2) is 0 Å². The molecule has 0 aliphatic heterocycles. The van der Waals surface area contributed by atoms with E-state index in [2.05, 4.69) is 5.32 Å². The summed E-state index contributed by atoms with van der Waals surface area (Å²) in [5.41, 5.74) is 6.73. The zero-order chi connectivity index (χ0) is 13.8. The summed E-state index contributed by atoms with van der Waals surface area (Å²) in [6.45, 7) is 1.61. The summed E-state index contributed by atoms with van der Waals surface area (Å²) >= 11 is 0. The summed E-state index contributed by atoms with van der Waals surface area (Å²) in [4.78, 5) is 12.1. The number of rotatable bonds is 2. The van der Waals surface area contributed by atoms with Crippen LogP contribution in [0.25, 0.3) is 0 Å². The summed E-state index contributed by atoms with van der Waals surface area (Å²) < 4.78 is 13.6. The minimum Gasteiger partial charge on any atom is -0.398 e. The van der Waals surface area contributed by atoms with Gasteiger partial charge in [-0.15, -0.1) is 0 Å². The van der Waals surface area contributed by atoms with Crippen molar-refractivity contribution in [1.29, 1.82) is 0 Å². The SMILES string of the molecule is Cc1c(N)cc(C(=O)NC2CCCCCC2)cc1F. The molecule has 0 atom stereocenters. The summed E-state index contributed by atoms with van der Waals surface area (Å²) in [6.07, 6.45) is 6.78. The first-order valence-corrected chi connectivity index (χ1v) is 6.94. The Bertz CT molecular complexity index is 442. The molecule has 19 heavy (non-hydrogen) atoms. The van der Waals surface area contributed by atoms with Gasteiger partial charge in [-0.3, -0.25) is 4.79 Å². The van der Waals surface area contributed by atoms with E-state index in [9.17, 15) is 9.18 Å². The first kappa shape index (κ1) is 13.8. The molecule has 0 bridgehead atoms. The molecule has 1 amide bonds. The zero-order valence-electron chi connectivity index (χ0n) is 11.3. The number of nitrogens with one attached hydrogen (secondary N) is 1. The maximum atomic E-state index is 13.6. The van der Waals surface area contributed by atoms with Gasteiger partial charge in [-0.1, -0.05) is 25.7 Å². The summed E-state index contributed by atoms with van der Waals surface area (Å²) in [7, 11) is 0. The second-order valence-electron chi connectivity index (χ2n) is 5.33. The van der Waals surface area contributed by atoms with Crippen molar-refractivity contribution in [3.8, 4) is 0 Å². The van der Waals surface area contributed by atoms with E-state index in [1.165, 1.54) is 18.9 Å². The summed E-state index contributed by atoms with van der Waals surface area (Å²) in [5.74, 6) is -0.650. The molecule has 0 spiro atoms. The van der Waals surface area contributed by atoms with Gasteiger partial charge in [-0.25, -0.2) is 4.39 Å². The van der Waals surface area contributed by atoms with Gasteiger partial charge in [0.1, 0.15) is 5.82 Å². The van der Waals surface area contributed by atoms with Gasteiger partial charge in [0.25, 0.3) is 5.91 Å². The maximum absolute atomic E-state index is 13.6. The minimum absolute atomic E-state index is 0.209. The lowest BCUT2D eigenvalue weighted by Crippen LogP contribution is -2.34. The van der Waals surface area contributed by atoms with Crippen LogP contribution < -0.4 is 11.1 Å². The quantitative estimate of drug-likeness (QED) is 0.636. The van der Waals surface area contributed by atoms with E-state index in [4.69, 9.17) is 5.73 Å². The monoisotopic (exact) mass is 264 g/mol.